The SMILES string of the molecule is CN=C(NCCCOc1ccccc1)NCCc1ccc(S(C)(=O)=O)cc1. The molecule has 0 saturated carbocycles. The largest absolute Gasteiger partial charge is 0.494 e. The van der Waals surface area contributed by atoms with E-state index in [1.165, 1.54) is 6.26 Å². The topological polar surface area (TPSA) is 79.8 Å². The van der Waals surface area contributed by atoms with Gasteiger partial charge in [-0.1, -0.05) is 30.3 Å². The van der Waals surface area contributed by atoms with Gasteiger partial charge in [0.1, 0.15) is 5.75 Å². The lowest BCUT2D eigenvalue weighted by Gasteiger charge is -2.12. The molecule has 0 heterocycles. The molecule has 0 bridgehead atoms. The molecular weight excluding hydrogens is 362 g/mol. The fourth-order valence-electron chi connectivity index (χ4n) is 2.43. The third-order valence-corrected chi connectivity index (χ3v) is 5.04. The van der Waals surface area contributed by atoms with E-state index >= 15 is 0 Å². The van der Waals surface area contributed by atoms with E-state index < -0.39 is 9.84 Å². The van der Waals surface area contributed by atoms with Crippen molar-refractivity contribution >= 4 is 15.8 Å². The van der Waals surface area contributed by atoms with Crippen molar-refractivity contribution in [3.05, 3.63) is 60.2 Å². The zero-order valence-electron chi connectivity index (χ0n) is 15.8. The van der Waals surface area contributed by atoms with Crippen LogP contribution in [0.1, 0.15) is 12.0 Å². The molecule has 2 rings (SSSR count). The van der Waals surface area contributed by atoms with Crippen molar-refractivity contribution in [2.45, 2.75) is 17.7 Å². The van der Waals surface area contributed by atoms with Crippen molar-refractivity contribution in [2.75, 3.05) is 33.0 Å². The molecule has 0 aromatic heterocycles. The van der Waals surface area contributed by atoms with Gasteiger partial charge in [0.15, 0.2) is 15.8 Å². The Morgan fingerprint density at radius 3 is 2.30 bits per heavy atom. The highest BCUT2D eigenvalue weighted by Crippen LogP contribution is 2.10. The van der Waals surface area contributed by atoms with Crippen LogP contribution in [-0.4, -0.2) is 47.4 Å². The predicted octanol–water partition coefficient (Wildman–Crippen LogP) is 2.27. The van der Waals surface area contributed by atoms with Crippen LogP contribution in [0.5, 0.6) is 5.75 Å². The summed E-state index contributed by atoms with van der Waals surface area (Å²) in [6.07, 6.45) is 2.86. The molecule has 0 spiro atoms. The summed E-state index contributed by atoms with van der Waals surface area (Å²) in [5.74, 6) is 1.62. The summed E-state index contributed by atoms with van der Waals surface area (Å²) < 4.78 is 28.6. The van der Waals surface area contributed by atoms with Gasteiger partial charge in [0.05, 0.1) is 11.5 Å². The maximum atomic E-state index is 11.5. The second-order valence-corrected chi connectivity index (χ2v) is 8.12. The molecule has 0 aliphatic carbocycles. The van der Waals surface area contributed by atoms with Gasteiger partial charge in [-0.3, -0.25) is 4.99 Å². The van der Waals surface area contributed by atoms with Gasteiger partial charge in [-0.05, 0) is 42.7 Å². The van der Waals surface area contributed by atoms with Gasteiger partial charge in [0.2, 0.25) is 0 Å². The van der Waals surface area contributed by atoms with Crippen molar-refractivity contribution in [1.29, 1.82) is 0 Å². The van der Waals surface area contributed by atoms with E-state index in [2.05, 4.69) is 15.6 Å². The van der Waals surface area contributed by atoms with Gasteiger partial charge in [-0.2, -0.15) is 0 Å². The van der Waals surface area contributed by atoms with Gasteiger partial charge >= 0.3 is 0 Å². The zero-order valence-corrected chi connectivity index (χ0v) is 16.6. The second kappa shape index (κ2) is 10.6. The van der Waals surface area contributed by atoms with Gasteiger partial charge < -0.3 is 15.4 Å². The monoisotopic (exact) mass is 389 g/mol. The molecule has 0 saturated heterocycles. The van der Waals surface area contributed by atoms with E-state index in [4.69, 9.17) is 4.74 Å². The summed E-state index contributed by atoms with van der Waals surface area (Å²) in [6, 6.07) is 16.7. The minimum Gasteiger partial charge on any atom is -0.494 e. The van der Waals surface area contributed by atoms with Crippen molar-refractivity contribution in [2.24, 2.45) is 4.99 Å². The number of benzene rings is 2. The molecule has 0 atom stereocenters. The summed E-state index contributed by atoms with van der Waals surface area (Å²) in [6.45, 7) is 2.11. The summed E-state index contributed by atoms with van der Waals surface area (Å²) in [4.78, 5) is 4.54. The average Bonchev–Trinajstić information content (AvgIpc) is 2.67. The normalized spacial score (nSPS) is 11.9. The first-order valence-electron chi connectivity index (χ1n) is 8.90. The molecule has 7 heteroatoms. The van der Waals surface area contributed by atoms with Gasteiger partial charge in [0.25, 0.3) is 0 Å². The highest BCUT2D eigenvalue weighted by Gasteiger charge is 2.06. The second-order valence-electron chi connectivity index (χ2n) is 6.11. The number of sulfone groups is 1. The first-order chi connectivity index (χ1) is 13.0. The third kappa shape index (κ3) is 7.70. The Bertz CT molecular complexity index is 819. The molecule has 0 aliphatic rings. The highest BCUT2D eigenvalue weighted by atomic mass is 32.2. The molecule has 0 fully saturated rings. The molecular formula is C20H27N3O3S. The Morgan fingerprint density at radius 2 is 1.67 bits per heavy atom. The van der Waals surface area contributed by atoms with E-state index in [-0.39, 0.29) is 0 Å². The number of nitrogens with zero attached hydrogens (tertiary/aromatic N) is 1. The molecule has 6 nitrogen and oxygen atoms in total. The van der Waals surface area contributed by atoms with E-state index in [0.717, 1.165) is 36.7 Å². The van der Waals surface area contributed by atoms with E-state index in [1.54, 1.807) is 19.2 Å². The molecule has 2 N–H and O–H groups in total. The zero-order chi connectivity index (χ0) is 19.5. The molecule has 2 aromatic carbocycles. The van der Waals surface area contributed by atoms with Crippen LogP contribution in [0.3, 0.4) is 0 Å². The number of rotatable bonds is 9. The third-order valence-electron chi connectivity index (χ3n) is 3.91. The average molecular weight is 390 g/mol. The Balaban J connectivity index is 1.64. The molecule has 0 amide bonds. The van der Waals surface area contributed by atoms with Crippen LogP contribution in [0, 0.1) is 0 Å². The number of aliphatic imine (C=N–C) groups is 1. The van der Waals surface area contributed by atoms with E-state index in [9.17, 15) is 8.42 Å². The molecule has 146 valence electrons. The van der Waals surface area contributed by atoms with Crippen LogP contribution >= 0.6 is 0 Å². The summed E-state index contributed by atoms with van der Waals surface area (Å²) in [5, 5.41) is 6.50. The summed E-state index contributed by atoms with van der Waals surface area (Å²) in [5.41, 5.74) is 1.07. The fraction of sp³-hybridized carbons (Fsp3) is 0.350. The van der Waals surface area contributed by atoms with Crippen molar-refractivity contribution in [1.82, 2.24) is 10.6 Å². The number of hydrogen-bond acceptors (Lipinski definition) is 4. The van der Waals surface area contributed by atoms with Crippen molar-refractivity contribution in [3.63, 3.8) is 0 Å². The Kier molecular flexibility index (Phi) is 8.13. The van der Waals surface area contributed by atoms with Crippen LogP contribution in [-0.2, 0) is 16.3 Å². The first-order valence-corrected chi connectivity index (χ1v) is 10.8. The van der Waals surface area contributed by atoms with E-state index in [1.807, 2.05) is 42.5 Å². The molecule has 27 heavy (non-hydrogen) atoms. The van der Waals surface area contributed by atoms with Crippen molar-refractivity contribution < 1.29 is 13.2 Å². The quantitative estimate of drug-likeness (QED) is 0.391. The lowest BCUT2D eigenvalue weighted by Crippen LogP contribution is -2.39. The Morgan fingerprint density at radius 1 is 1.00 bits per heavy atom. The first kappa shape index (κ1) is 20.8. The lowest BCUT2D eigenvalue weighted by molar-refractivity contribution is 0.311. The minimum atomic E-state index is -3.15. The maximum Gasteiger partial charge on any atom is 0.190 e. The van der Waals surface area contributed by atoms with Crippen LogP contribution < -0.4 is 15.4 Å². The fourth-order valence-corrected chi connectivity index (χ4v) is 3.07. The Labute approximate surface area is 161 Å². The summed E-state index contributed by atoms with van der Waals surface area (Å²) >= 11 is 0. The number of hydrogen-bond donors (Lipinski definition) is 2. The number of guanidine groups is 1. The van der Waals surface area contributed by atoms with Crippen molar-refractivity contribution in [3.8, 4) is 5.75 Å². The molecule has 0 unspecified atom stereocenters. The highest BCUT2D eigenvalue weighted by molar-refractivity contribution is 7.90. The molecule has 0 radical (unpaired) electrons. The van der Waals surface area contributed by atoms with Gasteiger partial charge in [-0.25, -0.2) is 8.42 Å². The van der Waals surface area contributed by atoms with Crippen LogP contribution in [0.2, 0.25) is 0 Å². The summed E-state index contributed by atoms with van der Waals surface area (Å²) in [7, 11) is -1.41. The smallest absolute Gasteiger partial charge is 0.190 e. The Hall–Kier alpha value is -2.54. The number of para-hydroxylation sites is 1. The maximum absolute atomic E-state index is 11.5. The van der Waals surface area contributed by atoms with E-state index in [0.29, 0.717) is 18.0 Å². The number of nitrogens with one attached hydrogen (secondary N) is 2. The molecule has 0 aliphatic heterocycles. The predicted molar refractivity (Wildman–Crippen MR) is 109 cm³/mol. The number of ether oxygens (including phenoxy) is 1. The van der Waals surface area contributed by atoms with Crippen LogP contribution in [0.25, 0.3) is 0 Å². The van der Waals surface area contributed by atoms with Gasteiger partial charge in [0, 0.05) is 26.4 Å². The van der Waals surface area contributed by atoms with Crippen LogP contribution in [0.4, 0.5) is 0 Å². The lowest BCUT2D eigenvalue weighted by atomic mass is 10.1. The van der Waals surface area contributed by atoms with Crippen LogP contribution in [0.15, 0.2) is 64.5 Å². The standard InChI is InChI=1S/C20H27N3O3S/c1-21-20(22-14-6-16-26-18-7-4-3-5-8-18)23-15-13-17-9-11-19(12-10-17)27(2,24)25/h3-5,7-12H,6,13-16H2,1-2H3,(H2,21,22,23). The minimum absolute atomic E-state index is 0.342. The molecule has 2 aromatic rings. The van der Waals surface area contributed by atoms with Gasteiger partial charge in [-0.15, -0.1) is 0 Å².